The lowest BCUT2D eigenvalue weighted by Gasteiger charge is -2.23. The van der Waals surface area contributed by atoms with Crippen molar-refractivity contribution in [1.29, 1.82) is 0 Å². The van der Waals surface area contributed by atoms with E-state index in [1.807, 2.05) is 35.8 Å². The zero-order chi connectivity index (χ0) is 32.2. The molecule has 4 aromatic rings. The molecular weight excluding hydrogens is 582 g/mol. The van der Waals surface area contributed by atoms with Crippen molar-refractivity contribution in [2.75, 3.05) is 5.32 Å². The maximum Gasteiger partial charge on any atom is 0.349 e. The highest BCUT2D eigenvalue weighted by Crippen LogP contribution is 2.14. The van der Waals surface area contributed by atoms with E-state index in [9.17, 15) is 33.9 Å². The quantitative estimate of drug-likeness (QED) is 0.147. The molecule has 0 saturated heterocycles. The van der Waals surface area contributed by atoms with Crippen LogP contribution in [-0.4, -0.2) is 52.9 Å². The molecule has 0 fully saturated rings. The highest BCUT2D eigenvalue weighted by atomic mass is 16.6. The third-order valence-electron chi connectivity index (χ3n) is 6.20. The van der Waals surface area contributed by atoms with Crippen LogP contribution in [0.25, 0.3) is 0 Å². The Kier molecular flexibility index (Phi) is 10.7. The van der Waals surface area contributed by atoms with Gasteiger partial charge >= 0.3 is 17.9 Å². The van der Waals surface area contributed by atoms with Gasteiger partial charge in [0.15, 0.2) is 0 Å². The smallest absolute Gasteiger partial charge is 0.349 e. The van der Waals surface area contributed by atoms with E-state index < -0.39 is 41.9 Å². The number of hydrogen-bond donors (Lipinski definition) is 4. The number of ether oxygens (including phenoxy) is 2. The molecule has 0 aromatic heterocycles. The minimum Gasteiger partial charge on any atom is -0.478 e. The lowest BCUT2D eigenvalue weighted by atomic mass is 10.1. The normalized spacial score (nSPS) is 11.6. The summed E-state index contributed by atoms with van der Waals surface area (Å²) < 4.78 is 10.3. The predicted molar refractivity (Wildman–Crippen MR) is 160 cm³/mol. The Morgan fingerprint density at radius 1 is 0.578 bits per heavy atom. The van der Waals surface area contributed by atoms with Crippen LogP contribution >= 0.6 is 0 Å². The van der Waals surface area contributed by atoms with Crippen LogP contribution in [0.2, 0.25) is 0 Å². The first-order chi connectivity index (χ1) is 21.7. The molecule has 0 aliphatic heterocycles. The van der Waals surface area contributed by atoms with Crippen molar-refractivity contribution < 1.29 is 43.3 Å². The number of anilines is 1. The summed E-state index contributed by atoms with van der Waals surface area (Å²) in [5.74, 6) is -6.30. The first kappa shape index (κ1) is 31.6. The van der Waals surface area contributed by atoms with Crippen molar-refractivity contribution in [3.63, 3.8) is 0 Å². The van der Waals surface area contributed by atoms with Gasteiger partial charge in [0, 0.05) is 11.3 Å². The monoisotopic (exact) mass is 609 g/mol. The van der Waals surface area contributed by atoms with Crippen molar-refractivity contribution in [2.45, 2.75) is 18.6 Å². The summed E-state index contributed by atoms with van der Waals surface area (Å²) in [6.07, 6.45) is -4.32. The summed E-state index contributed by atoms with van der Waals surface area (Å²) in [5.41, 5.74) is 5.44. The van der Waals surface area contributed by atoms with Crippen molar-refractivity contribution in [3.05, 3.63) is 138 Å². The molecule has 4 aromatic carbocycles. The van der Waals surface area contributed by atoms with Crippen molar-refractivity contribution in [2.24, 2.45) is 0 Å². The van der Waals surface area contributed by atoms with Crippen LogP contribution in [0.15, 0.2) is 115 Å². The van der Waals surface area contributed by atoms with E-state index in [0.717, 1.165) is 5.56 Å². The molecule has 12 heteroatoms. The highest BCUT2D eigenvalue weighted by molar-refractivity contribution is 5.99. The molecule has 12 nitrogen and oxygen atoms in total. The van der Waals surface area contributed by atoms with Crippen LogP contribution in [0, 0.1) is 0 Å². The molecule has 3 amide bonds. The second-order valence-corrected chi connectivity index (χ2v) is 9.45. The summed E-state index contributed by atoms with van der Waals surface area (Å²) in [4.78, 5) is 75.7. The average Bonchev–Trinajstić information content (AvgIpc) is 3.06. The van der Waals surface area contributed by atoms with Gasteiger partial charge in [0.25, 0.3) is 11.8 Å². The predicted octanol–water partition coefficient (Wildman–Crippen LogP) is 3.16. The number of carboxylic acids is 1. The minimum absolute atomic E-state index is 0.00573. The van der Waals surface area contributed by atoms with Gasteiger partial charge in [-0.25, -0.2) is 14.4 Å². The van der Waals surface area contributed by atoms with E-state index in [0.29, 0.717) is 5.69 Å². The number of carbonyl (C=O) groups is 6. The molecule has 0 unspecified atom stereocenters. The molecule has 4 N–H and O–H groups in total. The highest BCUT2D eigenvalue weighted by Gasteiger charge is 2.41. The topological polar surface area (TPSA) is 177 Å². The second-order valence-electron chi connectivity index (χ2n) is 9.45. The van der Waals surface area contributed by atoms with Crippen molar-refractivity contribution in [3.8, 4) is 0 Å². The molecule has 4 rings (SSSR count). The molecule has 0 saturated carbocycles. The number of esters is 2. The van der Waals surface area contributed by atoms with Crippen LogP contribution < -0.4 is 16.2 Å². The molecule has 228 valence electrons. The van der Waals surface area contributed by atoms with E-state index in [-0.39, 0.29) is 29.0 Å². The first-order valence-corrected chi connectivity index (χ1v) is 13.5. The third-order valence-corrected chi connectivity index (χ3v) is 6.20. The van der Waals surface area contributed by atoms with Crippen LogP contribution in [0.3, 0.4) is 0 Å². The minimum atomic E-state index is -2.28. The fourth-order valence-electron chi connectivity index (χ4n) is 3.96. The van der Waals surface area contributed by atoms with E-state index in [1.54, 1.807) is 12.1 Å². The Morgan fingerprint density at radius 3 is 1.58 bits per heavy atom. The Morgan fingerprint density at radius 2 is 1.07 bits per heavy atom. The summed E-state index contributed by atoms with van der Waals surface area (Å²) in [5, 5.41) is 12.6. The Hall–Kier alpha value is -6.30. The number of aliphatic carboxylic acids is 1. The van der Waals surface area contributed by atoms with Gasteiger partial charge in [-0.15, -0.1) is 0 Å². The third kappa shape index (κ3) is 9.09. The Balaban J connectivity index is 1.43. The lowest BCUT2D eigenvalue weighted by molar-refractivity contribution is -0.159. The van der Waals surface area contributed by atoms with Gasteiger partial charge in [-0.05, 0) is 54.1 Å². The molecule has 2 atom stereocenters. The van der Waals surface area contributed by atoms with Crippen LogP contribution in [0.5, 0.6) is 0 Å². The molecule has 0 bridgehead atoms. The van der Waals surface area contributed by atoms with E-state index in [2.05, 4.69) is 10.7 Å². The fraction of sp³-hybridized carbons (Fsp3) is 0.0909. The molecular formula is C33H27N3O9. The van der Waals surface area contributed by atoms with Gasteiger partial charge < -0.3 is 19.9 Å². The number of hydrogen-bond acceptors (Lipinski definition) is 8. The van der Waals surface area contributed by atoms with E-state index in [4.69, 9.17) is 9.47 Å². The summed E-state index contributed by atoms with van der Waals surface area (Å²) in [6, 6.07) is 29.7. The summed E-state index contributed by atoms with van der Waals surface area (Å²) in [7, 11) is 0. The van der Waals surface area contributed by atoms with Gasteiger partial charge in [-0.1, -0.05) is 66.7 Å². The standard InChI is InChI=1S/C33H27N3O9/c37-26(20-21-10-4-1-5-11-21)34-25-18-16-22(17-19-25)29(38)35-36-30(39)27(44-32(42)23-12-6-2-7-13-23)28(31(40)41)45-33(43)24-14-8-3-9-15-24/h1-19,27-28H,20H2,(H,34,37)(H,35,38)(H,36,39)(H,40,41)/t27-,28+/m0/s1. The van der Waals surface area contributed by atoms with Gasteiger partial charge in [0.05, 0.1) is 17.5 Å². The lowest BCUT2D eigenvalue weighted by Crippen LogP contribution is -2.54. The van der Waals surface area contributed by atoms with Gasteiger partial charge in [0.1, 0.15) is 0 Å². The molecule has 0 aliphatic carbocycles. The average molecular weight is 610 g/mol. The largest absolute Gasteiger partial charge is 0.478 e. The van der Waals surface area contributed by atoms with Gasteiger partial charge in [0.2, 0.25) is 18.1 Å². The number of hydrazine groups is 1. The zero-order valence-electron chi connectivity index (χ0n) is 23.5. The van der Waals surface area contributed by atoms with E-state index >= 15 is 0 Å². The maximum absolute atomic E-state index is 13.1. The SMILES string of the molecule is O=C(Cc1ccccc1)Nc1ccc(C(=O)NNC(=O)[C@@H](OC(=O)c2ccccc2)[C@@H](OC(=O)c2ccccc2)C(=O)O)cc1. The van der Waals surface area contributed by atoms with Crippen molar-refractivity contribution >= 4 is 41.3 Å². The molecule has 0 spiro atoms. The fourth-order valence-corrected chi connectivity index (χ4v) is 3.96. The molecule has 45 heavy (non-hydrogen) atoms. The summed E-state index contributed by atoms with van der Waals surface area (Å²) >= 11 is 0. The number of nitrogens with one attached hydrogen (secondary N) is 3. The number of rotatable bonds is 11. The molecule has 0 heterocycles. The Bertz CT molecular complexity index is 1660. The van der Waals surface area contributed by atoms with Gasteiger partial charge in [-0.3, -0.25) is 25.2 Å². The van der Waals surface area contributed by atoms with Crippen LogP contribution in [-0.2, 0) is 30.3 Å². The van der Waals surface area contributed by atoms with Crippen LogP contribution in [0.4, 0.5) is 5.69 Å². The molecule has 0 radical (unpaired) electrons. The van der Waals surface area contributed by atoms with Gasteiger partial charge in [-0.2, -0.15) is 0 Å². The number of carbonyl (C=O) groups excluding carboxylic acids is 5. The number of carboxylic acid groups (broad SMARTS) is 1. The maximum atomic E-state index is 13.1. The second kappa shape index (κ2) is 15.3. The Labute approximate surface area is 256 Å². The molecule has 0 aliphatic rings. The first-order valence-electron chi connectivity index (χ1n) is 13.5. The van der Waals surface area contributed by atoms with Crippen LogP contribution in [0.1, 0.15) is 36.6 Å². The number of amides is 3. The van der Waals surface area contributed by atoms with E-state index in [1.165, 1.54) is 72.8 Å². The number of benzene rings is 4. The zero-order valence-corrected chi connectivity index (χ0v) is 23.5. The summed E-state index contributed by atoms with van der Waals surface area (Å²) in [6.45, 7) is 0. The van der Waals surface area contributed by atoms with Crippen molar-refractivity contribution in [1.82, 2.24) is 10.9 Å².